The second-order valence-corrected chi connectivity index (χ2v) is 6.86. The van der Waals surface area contributed by atoms with Crippen molar-refractivity contribution < 1.29 is 4.79 Å². The fraction of sp³-hybridized carbons (Fsp3) is 0.625. The number of pyridine rings is 1. The van der Waals surface area contributed by atoms with Crippen molar-refractivity contribution >= 4 is 23.3 Å². The van der Waals surface area contributed by atoms with Crippen LogP contribution in [0.4, 0.5) is 5.82 Å². The molecule has 0 aliphatic rings. The van der Waals surface area contributed by atoms with Gasteiger partial charge in [0.1, 0.15) is 5.82 Å². The van der Waals surface area contributed by atoms with Gasteiger partial charge >= 0.3 is 0 Å². The maximum atomic E-state index is 12.3. The van der Waals surface area contributed by atoms with E-state index < -0.39 is 0 Å². The Morgan fingerprint density at radius 2 is 2.10 bits per heavy atom. The first-order valence-electron chi connectivity index (χ1n) is 7.43. The Morgan fingerprint density at radius 3 is 2.67 bits per heavy atom. The Labute approximate surface area is 132 Å². The number of anilines is 1. The first kappa shape index (κ1) is 17.8. The minimum atomic E-state index is -0.155. The molecule has 0 aromatic carbocycles. The third kappa shape index (κ3) is 5.54. The lowest BCUT2D eigenvalue weighted by Crippen LogP contribution is -2.33. The van der Waals surface area contributed by atoms with Gasteiger partial charge in [0.2, 0.25) is 0 Å². The smallest absolute Gasteiger partial charge is 0.253 e. The van der Waals surface area contributed by atoms with Crippen LogP contribution >= 0.6 is 11.6 Å². The number of carbonyl (C=O) groups is 1. The molecule has 0 bridgehead atoms. The molecule has 5 heteroatoms. The minimum Gasteiger partial charge on any atom is -0.370 e. The second-order valence-electron chi connectivity index (χ2n) is 6.45. The average molecular weight is 312 g/mol. The predicted molar refractivity (Wildman–Crippen MR) is 89.0 cm³/mol. The highest BCUT2D eigenvalue weighted by molar-refractivity contribution is 6.33. The number of nitrogens with one attached hydrogen (secondary N) is 2. The van der Waals surface area contributed by atoms with E-state index in [1.54, 1.807) is 6.07 Å². The number of hydrogen-bond donors (Lipinski definition) is 2. The fourth-order valence-electron chi connectivity index (χ4n) is 1.61. The van der Waals surface area contributed by atoms with Crippen LogP contribution in [-0.4, -0.2) is 24.0 Å². The highest BCUT2D eigenvalue weighted by Crippen LogP contribution is 2.25. The van der Waals surface area contributed by atoms with Crippen LogP contribution in [0.2, 0.25) is 5.02 Å². The predicted octanol–water partition coefficient (Wildman–Crippen LogP) is 3.97. The van der Waals surface area contributed by atoms with Crippen molar-refractivity contribution in [2.24, 2.45) is 11.3 Å². The largest absolute Gasteiger partial charge is 0.370 e. The molecule has 0 saturated heterocycles. The van der Waals surface area contributed by atoms with E-state index in [1.165, 1.54) is 6.20 Å². The zero-order valence-corrected chi connectivity index (χ0v) is 14.3. The zero-order valence-electron chi connectivity index (χ0n) is 13.6. The fourth-order valence-corrected chi connectivity index (χ4v) is 1.80. The number of aromatic nitrogens is 1. The third-order valence-electron chi connectivity index (χ3n) is 3.70. The molecule has 2 N–H and O–H groups in total. The molecule has 0 radical (unpaired) electrons. The molecule has 0 fully saturated rings. The maximum Gasteiger partial charge on any atom is 0.253 e. The quantitative estimate of drug-likeness (QED) is 0.836. The molecule has 21 heavy (non-hydrogen) atoms. The van der Waals surface area contributed by atoms with Crippen LogP contribution in [0, 0.1) is 11.3 Å². The molecule has 0 aliphatic carbocycles. The van der Waals surface area contributed by atoms with Gasteiger partial charge in [0.15, 0.2) is 0 Å². The van der Waals surface area contributed by atoms with E-state index in [0.29, 0.717) is 28.9 Å². The van der Waals surface area contributed by atoms with E-state index in [1.807, 2.05) is 0 Å². The molecule has 1 atom stereocenters. The molecule has 1 heterocycles. The lowest BCUT2D eigenvalue weighted by Gasteiger charge is -2.27. The maximum absolute atomic E-state index is 12.3. The summed E-state index contributed by atoms with van der Waals surface area (Å²) in [5.74, 6) is 0.896. The van der Waals surface area contributed by atoms with E-state index in [4.69, 9.17) is 11.6 Å². The van der Waals surface area contributed by atoms with Gasteiger partial charge in [-0.1, -0.05) is 46.2 Å². The number of carbonyl (C=O) groups excluding carboxylic acids is 1. The molecule has 4 nitrogen and oxygen atoms in total. The molecule has 0 aliphatic heterocycles. The topological polar surface area (TPSA) is 54.0 Å². The number of nitrogens with zero attached hydrogens (tertiary/aromatic N) is 1. The van der Waals surface area contributed by atoms with E-state index >= 15 is 0 Å². The summed E-state index contributed by atoms with van der Waals surface area (Å²) in [5.41, 5.74) is 0.620. The Hall–Kier alpha value is -1.29. The summed E-state index contributed by atoms with van der Waals surface area (Å²) in [6.07, 6.45) is 2.51. The normalized spacial score (nSPS) is 12.9. The zero-order chi connectivity index (χ0) is 16.0. The molecule has 118 valence electrons. The monoisotopic (exact) mass is 311 g/mol. The van der Waals surface area contributed by atoms with Gasteiger partial charge in [0, 0.05) is 19.3 Å². The molecule has 1 aromatic heterocycles. The number of halogens is 1. The van der Waals surface area contributed by atoms with E-state index in [0.717, 1.165) is 13.0 Å². The van der Waals surface area contributed by atoms with Crippen molar-refractivity contribution in [3.63, 3.8) is 0 Å². The summed E-state index contributed by atoms with van der Waals surface area (Å²) in [6, 6.07) is 1.70. The summed E-state index contributed by atoms with van der Waals surface area (Å²) < 4.78 is 0. The molecule has 0 spiro atoms. The number of hydrogen-bond acceptors (Lipinski definition) is 3. The first-order valence-corrected chi connectivity index (χ1v) is 7.81. The van der Waals surface area contributed by atoms with Crippen molar-refractivity contribution in [3.8, 4) is 0 Å². The van der Waals surface area contributed by atoms with Gasteiger partial charge in [-0.05, 0) is 23.8 Å². The summed E-state index contributed by atoms with van der Waals surface area (Å²) in [6.45, 7) is 12.1. The molecule has 1 aromatic rings. The van der Waals surface area contributed by atoms with Crippen LogP contribution in [-0.2, 0) is 0 Å². The van der Waals surface area contributed by atoms with Crippen LogP contribution in [0.3, 0.4) is 0 Å². The Balaban J connectivity index is 2.73. The Kier molecular flexibility index (Phi) is 6.46. The van der Waals surface area contributed by atoms with E-state index in [-0.39, 0.29) is 11.3 Å². The first-order chi connectivity index (χ1) is 9.75. The SMILES string of the molecule is CCCNc1cc(C(=O)NCC(C)C(C)(C)C)c(Cl)cn1. The highest BCUT2D eigenvalue weighted by Gasteiger charge is 2.21. The molecular formula is C16H26ClN3O. The third-order valence-corrected chi connectivity index (χ3v) is 4.00. The van der Waals surface area contributed by atoms with Crippen LogP contribution in [0.25, 0.3) is 0 Å². The van der Waals surface area contributed by atoms with Gasteiger partial charge in [-0.3, -0.25) is 4.79 Å². The van der Waals surface area contributed by atoms with E-state index in [9.17, 15) is 4.79 Å². The van der Waals surface area contributed by atoms with Crippen molar-refractivity contribution in [1.82, 2.24) is 10.3 Å². The van der Waals surface area contributed by atoms with Crippen LogP contribution < -0.4 is 10.6 Å². The van der Waals surface area contributed by atoms with Gasteiger partial charge in [0.05, 0.1) is 10.6 Å². The minimum absolute atomic E-state index is 0.155. The van der Waals surface area contributed by atoms with Gasteiger partial charge in [-0.2, -0.15) is 0 Å². The average Bonchev–Trinajstić information content (AvgIpc) is 2.42. The molecule has 1 amide bonds. The molecule has 0 saturated carbocycles. The van der Waals surface area contributed by atoms with Crippen LogP contribution in [0.1, 0.15) is 51.4 Å². The van der Waals surface area contributed by atoms with E-state index in [2.05, 4.69) is 50.2 Å². The van der Waals surface area contributed by atoms with Gasteiger partial charge in [0.25, 0.3) is 5.91 Å². The highest BCUT2D eigenvalue weighted by atomic mass is 35.5. The summed E-state index contributed by atoms with van der Waals surface area (Å²) in [5, 5.41) is 6.48. The lowest BCUT2D eigenvalue weighted by atomic mass is 9.82. The van der Waals surface area contributed by atoms with Crippen LogP contribution in [0.15, 0.2) is 12.3 Å². The summed E-state index contributed by atoms with van der Waals surface area (Å²) >= 11 is 6.08. The summed E-state index contributed by atoms with van der Waals surface area (Å²) in [4.78, 5) is 16.4. The van der Waals surface area contributed by atoms with Crippen molar-refractivity contribution in [3.05, 3.63) is 22.8 Å². The van der Waals surface area contributed by atoms with Crippen molar-refractivity contribution in [1.29, 1.82) is 0 Å². The van der Waals surface area contributed by atoms with Crippen molar-refractivity contribution in [2.45, 2.75) is 41.0 Å². The number of rotatable bonds is 6. The van der Waals surface area contributed by atoms with Crippen LogP contribution in [0.5, 0.6) is 0 Å². The lowest BCUT2D eigenvalue weighted by molar-refractivity contribution is 0.0937. The second kappa shape index (κ2) is 7.64. The Bertz CT molecular complexity index is 483. The van der Waals surface area contributed by atoms with Gasteiger partial charge in [-0.15, -0.1) is 0 Å². The molecule has 1 rings (SSSR count). The molecular weight excluding hydrogens is 286 g/mol. The summed E-state index contributed by atoms with van der Waals surface area (Å²) in [7, 11) is 0. The van der Waals surface area contributed by atoms with Gasteiger partial charge < -0.3 is 10.6 Å². The Morgan fingerprint density at radius 1 is 1.43 bits per heavy atom. The van der Waals surface area contributed by atoms with Gasteiger partial charge in [-0.25, -0.2) is 4.98 Å². The molecule has 1 unspecified atom stereocenters. The number of amides is 1. The standard InChI is InChI=1S/C16H26ClN3O/c1-6-7-18-14-8-12(13(17)10-19-14)15(21)20-9-11(2)16(3,4)5/h8,10-11H,6-7,9H2,1-5H3,(H,18,19)(H,20,21). The van der Waals surface area contributed by atoms with Crippen molar-refractivity contribution in [2.75, 3.05) is 18.4 Å².